The Morgan fingerprint density at radius 3 is 2.76 bits per heavy atom. The molecule has 0 saturated carbocycles. The van der Waals surface area contributed by atoms with Crippen molar-refractivity contribution in [2.24, 2.45) is 0 Å². The maximum Gasteiger partial charge on any atom is 0.240 e. The van der Waals surface area contributed by atoms with Gasteiger partial charge in [-0.15, -0.1) is 0 Å². The zero-order chi connectivity index (χ0) is 15.5. The third-order valence-corrected chi connectivity index (χ3v) is 4.93. The van der Waals surface area contributed by atoms with E-state index in [9.17, 15) is 8.42 Å². The molecule has 21 heavy (non-hydrogen) atoms. The van der Waals surface area contributed by atoms with Gasteiger partial charge in [0.1, 0.15) is 5.15 Å². The van der Waals surface area contributed by atoms with E-state index >= 15 is 0 Å². The fraction of sp³-hybridized carbons (Fsp3) is 0.357. The average molecular weight is 328 g/mol. The normalized spacial score (nSPS) is 12.2. The Hall–Kier alpha value is -1.21. The van der Waals surface area contributed by atoms with E-state index in [-0.39, 0.29) is 4.90 Å². The first-order valence-corrected chi connectivity index (χ1v) is 8.53. The summed E-state index contributed by atoms with van der Waals surface area (Å²) in [5.74, 6) is 0. The molecule has 0 unspecified atom stereocenters. The molecule has 0 amide bonds. The zero-order valence-corrected chi connectivity index (χ0v) is 13.6. The summed E-state index contributed by atoms with van der Waals surface area (Å²) in [6.07, 6.45) is 0. The minimum atomic E-state index is -3.50. The van der Waals surface area contributed by atoms with Crippen molar-refractivity contribution in [3.05, 3.63) is 35.5 Å². The van der Waals surface area contributed by atoms with Gasteiger partial charge in [0.15, 0.2) is 0 Å². The monoisotopic (exact) mass is 327 g/mol. The van der Waals surface area contributed by atoms with Crippen molar-refractivity contribution in [1.82, 2.24) is 14.6 Å². The lowest BCUT2D eigenvalue weighted by Crippen LogP contribution is -2.32. The van der Waals surface area contributed by atoms with Gasteiger partial charge in [-0.1, -0.05) is 18.5 Å². The zero-order valence-electron chi connectivity index (χ0n) is 12.0. The summed E-state index contributed by atoms with van der Waals surface area (Å²) in [7, 11) is -1.56. The predicted molar refractivity (Wildman–Crippen MR) is 85.1 cm³/mol. The highest BCUT2D eigenvalue weighted by atomic mass is 35.5. The van der Waals surface area contributed by atoms with Crippen molar-refractivity contribution in [3.8, 4) is 0 Å². The Labute approximate surface area is 130 Å². The number of sulfonamides is 1. The third-order valence-electron chi connectivity index (χ3n) is 3.26. The van der Waals surface area contributed by atoms with E-state index in [1.807, 2.05) is 18.9 Å². The number of hydrogen-bond acceptors (Lipinski definition) is 4. The molecule has 0 saturated heterocycles. The van der Waals surface area contributed by atoms with E-state index < -0.39 is 10.0 Å². The van der Waals surface area contributed by atoms with Crippen molar-refractivity contribution >= 4 is 32.5 Å². The van der Waals surface area contributed by atoms with Gasteiger partial charge >= 0.3 is 0 Å². The second-order valence-corrected chi connectivity index (χ2v) is 6.94. The molecule has 0 bridgehead atoms. The van der Waals surface area contributed by atoms with Gasteiger partial charge in [-0.25, -0.2) is 18.1 Å². The van der Waals surface area contributed by atoms with Gasteiger partial charge in [0.25, 0.3) is 0 Å². The van der Waals surface area contributed by atoms with Gasteiger partial charge < -0.3 is 4.90 Å². The van der Waals surface area contributed by atoms with Gasteiger partial charge in [0, 0.05) is 18.5 Å². The molecule has 0 aliphatic rings. The SMILES string of the molecule is CCN(C)CCNS(=O)(=O)c1ccc2nc(Cl)ccc2c1. The van der Waals surface area contributed by atoms with Crippen LogP contribution >= 0.6 is 11.6 Å². The molecule has 0 aliphatic carbocycles. The van der Waals surface area contributed by atoms with E-state index in [0.717, 1.165) is 11.9 Å². The maximum atomic E-state index is 12.2. The third kappa shape index (κ3) is 4.14. The number of hydrogen-bond donors (Lipinski definition) is 1. The van der Waals surface area contributed by atoms with Crippen molar-refractivity contribution in [3.63, 3.8) is 0 Å². The molecule has 0 aliphatic heterocycles. The number of halogens is 1. The summed E-state index contributed by atoms with van der Waals surface area (Å²) >= 11 is 5.81. The van der Waals surface area contributed by atoms with Crippen molar-refractivity contribution in [2.45, 2.75) is 11.8 Å². The second-order valence-electron chi connectivity index (χ2n) is 4.78. The van der Waals surface area contributed by atoms with Crippen LogP contribution in [0.25, 0.3) is 10.9 Å². The van der Waals surface area contributed by atoms with Crippen LogP contribution in [0.15, 0.2) is 35.2 Å². The van der Waals surface area contributed by atoms with Crippen LogP contribution < -0.4 is 4.72 Å². The summed E-state index contributed by atoms with van der Waals surface area (Å²) < 4.78 is 27.1. The minimum Gasteiger partial charge on any atom is -0.305 e. The Bertz CT molecular complexity index is 734. The highest BCUT2D eigenvalue weighted by Crippen LogP contribution is 2.19. The Balaban J connectivity index is 2.18. The molecule has 0 fully saturated rings. The van der Waals surface area contributed by atoms with Crippen molar-refractivity contribution < 1.29 is 8.42 Å². The summed E-state index contributed by atoms with van der Waals surface area (Å²) in [5.41, 5.74) is 0.673. The molecular weight excluding hydrogens is 310 g/mol. The summed E-state index contributed by atoms with van der Waals surface area (Å²) in [6, 6.07) is 8.20. The first kappa shape index (κ1) is 16.2. The molecule has 0 atom stereocenters. The number of pyridine rings is 1. The molecular formula is C14H18ClN3O2S. The smallest absolute Gasteiger partial charge is 0.240 e. The van der Waals surface area contributed by atoms with Crippen molar-refractivity contribution in [2.75, 3.05) is 26.7 Å². The summed E-state index contributed by atoms with van der Waals surface area (Å²) in [6.45, 7) is 3.95. The molecule has 114 valence electrons. The number of aromatic nitrogens is 1. The highest BCUT2D eigenvalue weighted by Gasteiger charge is 2.14. The lowest BCUT2D eigenvalue weighted by molar-refractivity contribution is 0.358. The number of nitrogens with zero attached hydrogens (tertiary/aromatic N) is 2. The number of likely N-dealkylation sites (N-methyl/N-ethyl adjacent to an activating group) is 1. The van der Waals surface area contributed by atoms with Gasteiger partial charge in [0.05, 0.1) is 10.4 Å². The van der Waals surface area contributed by atoms with Gasteiger partial charge in [-0.3, -0.25) is 0 Å². The molecule has 1 N–H and O–H groups in total. The lowest BCUT2D eigenvalue weighted by Gasteiger charge is -2.14. The second kappa shape index (κ2) is 6.70. The van der Waals surface area contributed by atoms with Gasteiger partial charge in [-0.05, 0) is 43.9 Å². The van der Waals surface area contributed by atoms with Crippen LogP contribution in [-0.2, 0) is 10.0 Å². The molecule has 2 aromatic rings. The highest BCUT2D eigenvalue weighted by molar-refractivity contribution is 7.89. The van der Waals surface area contributed by atoms with Gasteiger partial charge in [0.2, 0.25) is 10.0 Å². The first-order valence-electron chi connectivity index (χ1n) is 6.67. The van der Waals surface area contributed by atoms with Crippen LogP contribution in [0.5, 0.6) is 0 Å². The van der Waals surface area contributed by atoms with Crippen LogP contribution in [0, 0.1) is 0 Å². The van der Waals surface area contributed by atoms with Crippen molar-refractivity contribution in [1.29, 1.82) is 0 Å². The maximum absolute atomic E-state index is 12.2. The molecule has 0 spiro atoms. The molecule has 5 nitrogen and oxygen atoms in total. The van der Waals surface area contributed by atoms with Crippen LogP contribution in [-0.4, -0.2) is 45.0 Å². The molecule has 7 heteroatoms. The fourth-order valence-electron chi connectivity index (χ4n) is 1.86. The topological polar surface area (TPSA) is 62.3 Å². The van der Waals surface area contributed by atoms with Gasteiger partial charge in [-0.2, -0.15) is 0 Å². The van der Waals surface area contributed by atoms with E-state index in [4.69, 9.17) is 11.6 Å². The van der Waals surface area contributed by atoms with Crippen LogP contribution in [0.1, 0.15) is 6.92 Å². The van der Waals surface area contributed by atoms with Crippen LogP contribution in [0.2, 0.25) is 5.15 Å². The average Bonchev–Trinajstić information content (AvgIpc) is 2.46. The molecule has 0 radical (unpaired) electrons. The molecule has 1 aromatic heterocycles. The Kier molecular flexibility index (Phi) is 5.16. The number of nitrogens with one attached hydrogen (secondary N) is 1. The first-order chi connectivity index (χ1) is 9.92. The summed E-state index contributed by atoms with van der Waals surface area (Å²) in [5, 5.41) is 1.13. The van der Waals surface area contributed by atoms with E-state index in [1.54, 1.807) is 24.3 Å². The fourth-order valence-corrected chi connectivity index (χ4v) is 3.07. The molecule has 2 rings (SSSR count). The quantitative estimate of drug-likeness (QED) is 0.825. The number of benzene rings is 1. The van der Waals surface area contributed by atoms with Crippen LogP contribution in [0.4, 0.5) is 0 Å². The van der Waals surface area contributed by atoms with E-state index in [1.165, 1.54) is 6.07 Å². The number of rotatable bonds is 6. The Morgan fingerprint density at radius 1 is 1.29 bits per heavy atom. The van der Waals surface area contributed by atoms with Crippen LogP contribution in [0.3, 0.4) is 0 Å². The molecule has 1 heterocycles. The standard InChI is InChI=1S/C14H18ClN3O2S/c1-3-18(2)9-8-16-21(19,20)12-5-6-13-11(10-12)4-7-14(15)17-13/h4-7,10,16H,3,8-9H2,1-2H3. The number of fused-ring (bicyclic) bond motifs is 1. The van der Waals surface area contributed by atoms with E-state index in [0.29, 0.717) is 23.8 Å². The minimum absolute atomic E-state index is 0.235. The largest absolute Gasteiger partial charge is 0.305 e. The van der Waals surface area contributed by atoms with E-state index in [2.05, 4.69) is 9.71 Å². The predicted octanol–water partition coefficient (Wildman–Crippen LogP) is 2.12. The summed E-state index contributed by atoms with van der Waals surface area (Å²) in [4.78, 5) is 6.41. The molecule has 1 aromatic carbocycles. The lowest BCUT2D eigenvalue weighted by atomic mass is 10.2. The Morgan fingerprint density at radius 2 is 2.05 bits per heavy atom.